The maximum Gasteiger partial charge on any atom is 1.00 e. The van der Waals surface area contributed by atoms with Gasteiger partial charge in [-0.2, -0.15) is 4.21 Å². The molecule has 0 atom stereocenters. The maximum atomic E-state index is 9.11. The van der Waals surface area contributed by atoms with Crippen molar-refractivity contribution in [3.63, 3.8) is 0 Å². The van der Waals surface area contributed by atoms with E-state index in [0.717, 1.165) is 0 Å². The minimum Gasteiger partial charge on any atom is -1.00 e. The summed E-state index contributed by atoms with van der Waals surface area (Å²) < 4.78 is 24.0. The van der Waals surface area contributed by atoms with E-state index in [0.29, 0.717) is 0 Å². The van der Waals surface area contributed by atoms with Crippen molar-refractivity contribution in [2.24, 2.45) is 0 Å². The smallest absolute Gasteiger partial charge is 1.00 e. The van der Waals surface area contributed by atoms with Crippen LogP contribution in [0, 0.1) is 0 Å². The third-order valence-electron chi connectivity index (χ3n) is 0. The molecule has 0 unspecified atom stereocenters. The van der Waals surface area contributed by atoms with Gasteiger partial charge in [0, 0.05) is 11.2 Å². The van der Waals surface area contributed by atoms with Crippen molar-refractivity contribution in [3.8, 4) is 0 Å². The number of hydrogen-bond acceptors (Lipinski definition) is 2. The van der Waals surface area contributed by atoms with E-state index in [-0.39, 0.29) is 63.8 Å². The predicted molar refractivity (Wildman–Crippen MR) is 43.6 cm³/mol. The largest absolute Gasteiger partial charge is 1.00 e. The summed E-state index contributed by atoms with van der Waals surface area (Å²) in [7, 11) is -3.83. The van der Waals surface area contributed by atoms with E-state index in [2.05, 4.69) is 11.2 Å². The van der Waals surface area contributed by atoms with Crippen molar-refractivity contribution in [3.05, 3.63) is 0 Å². The van der Waals surface area contributed by atoms with Crippen LogP contribution < -0.4 is 29.6 Å². The summed E-state index contributed by atoms with van der Waals surface area (Å²) in [5.41, 5.74) is 0. The van der Waals surface area contributed by atoms with Gasteiger partial charge in [0.15, 0.2) is 0 Å². The molecule has 0 fully saturated rings. The summed E-state index contributed by atoms with van der Waals surface area (Å²) in [6, 6.07) is 0. The maximum absolute atomic E-state index is 9.11. The molecule has 0 aromatic rings. The average Bonchev–Trinajstić information content (AvgIpc) is 0.722. The van der Waals surface area contributed by atoms with Gasteiger partial charge >= 0.3 is 29.6 Å². The zero-order valence-corrected chi connectivity index (χ0v) is 9.75. The Hall–Kier alpha value is 1.05. The van der Waals surface area contributed by atoms with Crippen LogP contribution in [0.15, 0.2) is 0 Å². The van der Waals surface area contributed by atoms with Crippen LogP contribution in [0.4, 0.5) is 0 Å². The van der Waals surface area contributed by atoms with Gasteiger partial charge in [0.2, 0.25) is 0 Å². The SMILES string of the molecule is O.O.O.O.O.O.O=S(O)(O)=S.[H-].[Na+]. The molecule has 9 nitrogen and oxygen atoms in total. The van der Waals surface area contributed by atoms with E-state index >= 15 is 0 Å². The first-order valence-corrected chi connectivity index (χ1v) is 3.10. The van der Waals surface area contributed by atoms with Gasteiger partial charge in [-0.3, -0.25) is 9.11 Å². The quantitative estimate of drug-likeness (QED) is 0.394. The Balaban J connectivity index is -0.00000000286. The van der Waals surface area contributed by atoms with Crippen LogP contribution >= 0.6 is 0 Å². The van der Waals surface area contributed by atoms with Crippen LogP contribution in [0.3, 0.4) is 0 Å². The van der Waals surface area contributed by atoms with Crippen molar-refractivity contribution in [2.75, 3.05) is 0 Å². The molecule has 0 bridgehead atoms. The molecule has 0 saturated carbocycles. The molecule has 14 N–H and O–H groups in total. The first-order valence-electron chi connectivity index (χ1n) is 0.698. The number of rotatable bonds is 0. The summed E-state index contributed by atoms with van der Waals surface area (Å²) in [5.74, 6) is 0. The molecule has 12 heteroatoms. The van der Waals surface area contributed by atoms with Crippen molar-refractivity contribution in [1.29, 1.82) is 0 Å². The van der Waals surface area contributed by atoms with E-state index < -0.39 is 9.05 Å². The fourth-order valence-electron chi connectivity index (χ4n) is 0. The molecule has 0 heterocycles. The molecule has 0 aromatic heterocycles. The summed E-state index contributed by atoms with van der Waals surface area (Å²) in [6.07, 6.45) is 0. The molecule has 0 spiro atoms. The minimum absolute atomic E-state index is 0. The van der Waals surface area contributed by atoms with Gasteiger partial charge in [0.05, 0.1) is 0 Å². The fourth-order valence-corrected chi connectivity index (χ4v) is 0. The summed E-state index contributed by atoms with van der Waals surface area (Å²) in [6.45, 7) is 0. The second-order valence-electron chi connectivity index (χ2n) is 0.448. The molecule has 0 aliphatic carbocycles. The zero-order chi connectivity index (χ0) is 4.50. The van der Waals surface area contributed by atoms with E-state index in [1.54, 1.807) is 0 Å². The van der Waals surface area contributed by atoms with E-state index in [1.165, 1.54) is 0 Å². The fraction of sp³-hybridized carbons (Fsp3) is 0. The van der Waals surface area contributed by atoms with Gasteiger partial charge < -0.3 is 34.3 Å². The molecule has 0 radical (unpaired) electrons. The van der Waals surface area contributed by atoms with Crippen LogP contribution in [0.5, 0.6) is 0 Å². The van der Waals surface area contributed by atoms with E-state index in [4.69, 9.17) is 13.3 Å². The first-order chi connectivity index (χ1) is 2.00. The summed E-state index contributed by atoms with van der Waals surface area (Å²) in [5, 5.41) is 0. The Labute approximate surface area is 97.1 Å². The monoisotopic (exact) mass is 246 g/mol. The van der Waals surface area contributed by atoms with Crippen LogP contribution in [0.1, 0.15) is 1.43 Å². The third kappa shape index (κ3) is 1010. The summed E-state index contributed by atoms with van der Waals surface area (Å²) in [4.78, 5) is 0. The second kappa shape index (κ2) is 29.6. The van der Waals surface area contributed by atoms with E-state index in [9.17, 15) is 0 Å². The zero-order valence-electron chi connectivity index (χ0n) is 7.12. The van der Waals surface area contributed by atoms with Gasteiger partial charge in [-0.1, -0.05) is 0 Å². The van der Waals surface area contributed by atoms with Crippen LogP contribution in [-0.4, -0.2) is 46.2 Å². The summed E-state index contributed by atoms with van der Waals surface area (Å²) >= 11 is 3.47. The normalized spacial score (nSPS) is 4.83. The predicted octanol–water partition coefficient (Wildman–Crippen LogP) is -8.15. The molecule has 0 amide bonds. The molecular formula is H15NaO9S2. The topological polar surface area (TPSA) is 247 Å². The van der Waals surface area contributed by atoms with Gasteiger partial charge in [-0.05, 0) is 0 Å². The molecule has 0 aliphatic heterocycles. The van der Waals surface area contributed by atoms with Crippen LogP contribution in [0.2, 0.25) is 0 Å². The average molecular weight is 246 g/mol. The first kappa shape index (κ1) is 74.3. The van der Waals surface area contributed by atoms with Crippen molar-refractivity contribution in [2.45, 2.75) is 0 Å². The molecule has 0 aliphatic rings. The Morgan fingerprint density at radius 1 is 0.917 bits per heavy atom. The van der Waals surface area contributed by atoms with Crippen molar-refractivity contribution < 1.29 is 77.2 Å². The molecular weight excluding hydrogens is 231 g/mol. The molecule has 0 saturated heterocycles. The molecule has 12 heavy (non-hydrogen) atoms. The third-order valence-corrected chi connectivity index (χ3v) is 0. The van der Waals surface area contributed by atoms with Gasteiger partial charge in [0.25, 0.3) is 9.05 Å². The van der Waals surface area contributed by atoms with Crippen LogP contribution in [0.25, 0.3) is 0 Å². The Kier molecular flexibility index (Phi) is 183. The van der Waals surface area contributed by atoms with Crippen LogP contribution in [-0.2, 0) is 20.2 Å². The second-order valence-corrected chi connectivity index (χ2v) is 2.65. The number of hydrogen-bond donors (Lipinski definition) is 2. The molecule has 0 rings (SSSR count). The van der Waals surface area contributed by atoms with Crippen molar-refractivity contribution in [1.82, 2.24) is 0 Å². The Bertz CT molecular complexity index is 101. The Morgan fingerprint density at radius 3 is 0.917 bits per heavy atom. The van der Waals surface area contributed by atoms with Gasteiger partial charge in [0.1, 0.15) is 0 Å². The van der Waals surface area contributed by atoms with Crippen molar-refractivity contribution >= 4 is 20.2 Å². The van der Waals surface area contributed by atoms with Gasteiger partial charge in [-0.25, -0.2) is 0 Å². The standard InChI is InChI=1S/Na.H2O3S2.6H2O.H/c;1-5(2,3)4;;;;;;;/h;(H2,1,2,3,4);6*1H2;/q+1;;;;;;;;-1. The minimum atomic E-state index is -3.83. The molecule has 0 aromatic carbocycles. The Morgan fingerprint density at radius 2 is 0.917 bits per heavy atom. The van der Waals surface area contributed by atoms with E-state index in [1.807, 2.05) is 0 Å². The van der Waals surface area contributed by atoms with Gasteiger partial charge in [-0.15, -0.1) is 0 Å². The molecule has 82 valence electrons.